The van der Waals surface area contributed by atoms with E-state index < -0.39 is 144 Å². The number of halogens is 20. The summed E-state index contributed by atoms with van der Waals surface area (Å²) in [7, 11) is 0. The zero-order valence-electron chi connectivity index (χ0n) is 35.1. The van der Waals surface area contributed by atoms with E-state index in [1.54, 1.807) is 0 Å². The molecule has 368 valence electrons. The molecular weight excluding hydrogens is 1010 g/mol. The second-order valence-electron chi connectivity index (χ2n) is 15.6. The van der Waals surface area contributed by atoms with E-state index in [2.05, 4.69) is 94.6 Å². The van der Waals surface area contributed by atoms with Crippen LogP contribution >= 0.6 is 0 Å². The van der Waals surface area contributed by atoms with Gasteiger partial charge < -0.3 is 0 Å². The minimum Gasteiger partial charge on any atom is -0.244 e. The van der Waals surface area contributed by atoms with Gasteiger partial charge >= 0.3 is 0 Å². The molecule has 23 heteroatoms. The average molecular weight is 1030 g/mol. The maximum absolute atomic E-state index is 15.4. The number of nitrogens with zero attached hydrogens (tertiary/aromatic N) is 2. The molecule has 9 aromatic rings. The lowest BCUT2D eigenvalue weighted by Gasteiger charge is -2.44. The highest BCUT2D eigenvalue weighted by molar-refractivity contribution is 7.20. The third kappa shape index (κ3) is 7.81. The minimum absolute atomic E-state index is 0.835. The van der Waals surface area contributed by atoms with Crippen LogP contribution in [0.4, 0.5) is 87.8 Å². The number of fused-ring (bicyclic) bond motifs is 3. The van der Waals surface area contributed by atoms with E-state index in [0.29, 0.717) is 0 Å². The summed E-state index contributed by atoms with van der Waals surface area (Å²) in [6.45, 7) is 0.835. The second kappa shape index (κ2) is 19.0. The average Bonchev–Trinajstić information content (AvgIpc) is 3.38. The fraction of sp³-hybridized carbons (Fsp3) is 0.0204. The van der Waals surface area contributed by atoms with Crippen LogP contribution in [-0.4, -0.2) is 11.1 Å². The Bertz CT molecular complexity index is 3300. The van der Waals surface area contributed by atoms with Crippen LogP contribution < -0.4 is 26.4 Å². The third-order valence-corrected chi connectivity index (χ3v) is 11.7. The molecule has 1 aromatic heterocycles. The van der Waals surface area contributed by atoms with Crippen molar-refractivity contribution in [2.75, 3.05) is 0 Å². The Morgan fingerprint density at radius 3 is 1.06 bits per heavy atom. The Morgan fingerprint density at radius 2 is 0.667 bits per heavy atom. The van der Waals surface area contributed by atoms with Gasteiger partial charge in [-0.25, -0.2) is 92.8 Å². The third-order valence-electron chi connectivity index (χ3n) is 11.7. The number of hydrogen-bond acceptors (Lipinski definition) is 1. The Morgan fingerprint density at radius 1 is 0.347 bits per heavy atom. The van der Waals surface area contributed by atoms with Crippen LogP contribution in [0.2, 0.25) is 0 Å². The van der Waals surface area contributed by atoms with Gasteiger partial charge in [0.05, 0.1) is 6.20 Å². The molecule has 0 aliphatic heterocycles. The summed E-state index contributed by atoms with van der Waals surface area (Å²) in [5.74, 6) is -71.4. The maximum atomic E-state index is 15.4. The van der Waals surface area contributed by atoms with E-state index in [1.807, 2.05) is 18.5 Å². The van der Waals surface area contributed by atoms with Crippen LogP contribution in [0.25, 0.3) is 32.8 Å². The van der Waals surface area contributed by atoms with Gasteiger partial charge in [-0.05, 0) is 27.6 Å². The Labute approximate surface area is 389 Å². The maximum Gasteiger partial charge on any atom is 0.200 e. The molecule has 8 aromatic carbocycles. The van der Waals surface area contributed by atoms with Crippen LogP contribution in [0.5, 0.6) is 0 Å². The first-order chi connectivity index (χ1) is 34.1. The van der Waals surface area contributed by atoms with Gasteiger partial charge in [0.1, 0.15) is 58.4 Å². The van der Waals surface area contributed by atoms with Gasteiger partial charge in [0, 0.05) is 11.1 Å². The first-order valence-corrected chi connectivity index (χ1v) is 20.1. The summed E-state index contributed by atoms with van der Waals surface area (Å²) in [6.07, 6.45) is -1.16. The lowest BCUT2D eigenvalue weighted by Crippen LogP contribution is -2.81. The van der Waals surface area contributed by atoms with Crippen molar-refractivity contribution in [3.63, 3.8) is 0 Å². The molecule has 0 amide bonds. The van der Waals surface area contributed by atoms with E-state index >= 15 is 35.1 Å². The lowest BCUT2D eigenvalue weighted by molar-refractivity contribution is -0.688. The number of rotatable bonds is 7. The fourth-order valence-electron chi connectivity index (χ4n) is 8.60. The van der Waals surface area contributed by atoms with Crippen molar-refractivity contribution in [2.45, 2.75) is 6.54 Å². The van der Waals surface area contributed by atoms with Crippen molar-refractivity contribution >= 4 is 49.5 Å². The van der Waals surface area contributed by atoms with Gasteiger partial charge in [0.2, 0.25) is 0 Å². The van der Waals surface area contributed by atoms with Gasteiger partial charge in [0.15, 0.2) is 88.7 Å². The monoisotopic (exact) mass is 1030 g/mol. The smallest absolute Gasteiger partial charge is 0.200 e. The van der Waals surface area contributed by atoms with E-state index in [9.17, 15) is 52.7 Å². The Balaban J connectivity index is 0.000000217. The van der Waals surface area contributed by atoms with Crippen molar-refractivity contribution in [1.29, 1.82) is 0 Å². The van der Waals surface area contributed by atoms with Crippen LogP contribution in [-0.2, 0) is 6.54 Å². The highest BCUT2D eigenvalue weighted by Gasteiger charge is 2.52. The molecule has 0 saturated heterocycles. The molecule has 9 rings (SSSR count). The fourth-order valence-corrected chi connectivity index (χ4v) is 8.60. The molecule has 2 nitrogen and oxygen atoms in total. The molecule has 0 radical (unpaired) electrons. The molecule has 0 spiro atoms. The molecule has 0 aliphatic rings. The van der Waals surface area contributed by atoms with E-state index in [0.717, 1.165) is 12.2 Å². The summed E-state index contributed by atoms with van der Waals surface area (Å²) in [6, 6.07) is 29.9. The molecule has 0 unspecified atom stereocenters. The van der Waals surface area contributed by atoms with E-state index in [-0.39, 0.29) is 0 Å². The molecular formula is C49H19BF20N2. The van der Waals surface area contributed by atoms with Gasteiger partial charge in [0.25, 0.3) is 0 Å². The zero-order valence-corrected chi connectivity index (χ0v) is 35.1. The SMILES string of the molecule is Fc1c(F)c(F)c([B-](c2c(F)c(F)c(F)c(F)c2F)(c2c(F)c(F)c(F)c(F)c2F)c2c(F)c(F)c(F)c(F)c2F)c(F)c1F.c1ccc(C[n+]2ccnc(-c3cc4ccccc4c4ccccc34)c2)cc1. The van der Waals surface area contributed by atoms with Crippen molar-refractivity contribution in [2.24, 2.45) is 0 Å². The molecule has 0 aliphatic carbocycles. The molecule has 0 atom stereocenters. The van der Waals surface area contributed by atoms with Crippen LogP contribution in [0, 0.1) is 116 Å². The topological polar surface area (TPSA) is 16.8 Å². The molecule has 0 saturated carbocycles. The summed E-state index contributed by atoms with van der Waals surface area (Å²) in [5, 5.41) is 5.03. The highest BCUT2D eigenvalue weighted by Crippen LogP contribution is 2.34. The van der Waals surface area contributed by atoms with Crippen LogP contribution in [0.15, 0.2) is 104 Å². The standard InChI is InChI=1S/C25H19N2.C24BF20/c1-2-8-19(9-3-1)17-27-15-14-26-25(18-27)24-16-20-10-4-5-11-21(20)22-12-6-7-13-23(22)24;26-5-1(6(27)14(35)21(42)13(5)34)25(2-7(28)15(36)22(43)16(37)8(2)29,3-9(30)17(38)23(44)18(39)10(3)31)4-11(32)19(40)24(45)20(41)12(4)33/h1-16,18H,17H2;/q+1;-1. The lowest BCUT2D eigenvalue weighted by atomic mass is 9.12. The number of benzene rings is 8. The van der Waals surface area contributed by atoms with Gasteiger partial charge in [-0.3, -0.25) is 0 Å². The van der Waals surface area contributed by atoms with Crippen molar-refractivity contribution in [3.8, 4) is 11.3 Å². The first kappa shape index (κ1) is 50.4. The molecule has 0 bridgehead atoms. The number of aromatic nitrogens is 2. The molecule has 0 N–H and O–H groups in total. The summed E-state index contributed by atoms with van der Waals surface area (Å²) in [4.78, 5) is 4.69. The van der Waals surface area contributed by atoms with E-state index in [4.69, 9.17) is 0 Å². The molecule has 72 heavy (non-hydrogen) atoms. The quantitative estimate of drug-likeness (QED) is 0.0388. The second-order valence-corrected chi connectivity index (χ2v) is 15.6. The van der Waals surface area contributed by atoms with Gasteiger partial charge in [-0.1, -0.05) is 78.9 Å². The van der Waals surface area contributed by atoms with Crippen molar-refractivity contribution in [1.82, 2.24) is 4.98 Å². The van der Waals surface area contributed by atoms with Crippen molar-refractivity contribution in [3.05, 3.63) is 225 Å². The van der Waals surface area contributed by atoms with Crippen molar-refractivity contribution < 1.29 is 92.4 Å². The normalized spacial score (nSPS) is 11.7. The Hall–Kier alpha value is -7.98. The van der Waals surface area contributed by atoms with Crippen LogP contribution in [0.1, 0.15) is 5.56 Å². The molecule has 0 fully saturated rings. The van der Waals surface area contributed by atoms with E-state index in [1.165, 1.54) is 32.7 Å². The summed E-state index contributed by atoms with van der Waals surface area (Å²) in [5.41, 5.74) is -10.9. The van der Waals surface area contributed by atoms with Gasteiger partial charge in [-0.15, -0.1) is 21.9 Å². The largest absolute Gasteiger partial charge is 0.244 e. The zero-order chi connectivity index (χ0) is 52.4. The summed E-state index contributed by atoms with van der Waals surface area (Å²) < 4.78 is 296. The van der Waals surface area contributed by atoms with Crippen LogP contribution in [0.3, 0.4) is 0 Å². The minimum atomic E-state index is -7.22. The molecule has 1 heterocycles. The predicted molar refractivity (Wildman–Crippen MR) is 220 cm³/mol. The first-order valence-electron chi connectivity index (χ1n) is 20.1. The van der Waals surface area contributed by atoms with Gasteiger partial charge in [-0.2, -0.15) is 4.57 Å². The number of hydrogen-bond donors (Lipinski definition) is 0. The summed E-state index contributed by atoms with van der Waals surface area (Å²) >= 11 is 0. The highest BCUT2D eigenvalue weighted by atomic mass is 19.2. The predicted octanol–water partition coefficient (Wildman–Crippen LogP) is 11.2. The Kier molecular flexibility index (Phi) is 13.3.